The molecule has 2 rings (SSSR count). The van der Waals surface area contributed by atoms with Crippen molar-refractivity contribution in [3.8, 4) is 0 Å². The third-order valence-corrected chi connectivity index (χ3v) is 2.71. The van der Waals surface area contributed by atoms with Gasteiger partial charge in [-0.05, 0) is 19.8 Å². The van der Waals surface area contributed by atoms with Gasteiger partial charge in [-0.3, -0.25) is 9.36 Å². The van der Waals surface area contributed by atoms with Gasteiger partial charge >= 0.3 is 0 Å². The van der Waals surface area contributed by atoms with Crippen molar-refractivity contribution in [1.29, 1.82) is 0 Å². The minimum absolute atomic E-state index is 0.105. The molecule has 0 bridgehead atoms. The molecule has 1 aromatic heterocycles. The summed E-state index contributed by atoms with van der Waals surface area (Å²) in [4.78, 5) is 16.1. The molecule has 1 unspecified atom stereocenters. The summed E-state index contributed by atoms with van der Waals surface area (Å²) < 4.78 is 1.69. The predicted octanol–water partition coefficient (Wildman–Crippen LogP) is -0.121. The lowest BCUT2D eigenvalue weighted by atomic mass is 10.2. The lowest BCUT2D eigenvalue weighted by Crippen LogP contribution is -2.31. The molecule has 1 aliphatic rings. The molecule has 1 saturated carbocycles. The second kappa shape index (κ2) is 3.75. The first kappa shape index (κ1) is 10.3. The number of aryl methyl sites for hydroxylation is 1. The quantitative estimate of drug-likeness (QED) is 0.727. The lowest BCUT2D eigenvalue weighted by molar-refractivity contribution is 0.266. The number of aromatic nitrogens is 2. The summed E-state index contributed by atoms with van der Waals surface area (Å²) in [5.41, 5.74) is 5.92. The highest BCUT2D eigenvalue weighted by molar-refractivity contribution is 5.13. The molecule has 1 atom stereocenters. The smallest absolute Gasteiger partial charge is 0.258 e. The van der Waals surface area contributed by atoms with Gasteiger partial charge in [-0.1, -0.05) is 0 Å². The van der Waals surface area contributed by atoms with E-state index >= 15 is 0 Å². The number of aliphatic hydroxyl groups excluding tert-OH is 1. The molecule has 5 heteroatoms. The summed E-state index contributed by atoms with van der Waals surface area (Å²) in [6.45, 7) is 1.58. The molecule has 0 aromatic carbocycles. The van der Waals surface area contributed by atoms with Crippen LogP contribution in [0.5, 0.6) is 0 Å². The third kappa shape index (κ3) is 1.80. The first-order chi connectivity index (χ1) is 7.15. The maximum atomic E-state index is 12.0. The first-order valence-electron chi connectivity index (χ1n) is 5.09. The van der Waals surface area contributed by atoms with Crippen LogP contribution in [0.2, 0.25) is 0 Å². The summed E-state index contributed by atoms with van der Waals surface area (Å²) in [5.74, 6) is 0.719. The topological polar surface area (TPSA) is 81.1 Å². The van der Waals surface area contributed by atoms with Gasteiger partial charge in [0.2, 0.25) is 0 Å². The molecule has 3 N–H and O–H groups in total. The summed E-state index contributed by atoms with van der Waals surface area (Å²) in [6.07, 6.45) is 3.53. The Morgan fingerprint density at radius 3 is 2.93 bits per heavy atom. The van der Waals surface area contributed by atoms with Gasteiger partial charge in [0.15, 0.2) is 0 Å². The van der Waals surface area contributed by atoms with Crippen molar-refractivity contribution in [1.82, 2.24) is 9.55 Å². The molecule has 0 spiro atoms. The van der Waals surface area contributed by atoms with Crippen LogP contribution in [-0.4, -0.2) is 21.3 Å². The van der Waals surface area contributed by atoms with E-state index in [-0.39, 0.29) is 18.2 Å². The van der Waals surface area contributed by atoms with Crippen molar-refractivity contribution < 1.29 is 5.11 Å². The van der Waals surface area contributed by atoms with Crippen molar-refractivity contribution in [2.45, 2.75) is 31.8 Å². The van der Waals surface area contributed by atoms with E-state index in [4.69, 9.17) is 10.8 Å². The number of hydrogen-bond acceptors (Lipinski definition) is 4. The van der Waals surface area contributed by atoms with E-state index in [1.165, 1.54) is 6.20 Å². The third-order valence-electron chi connectivity index (χ3n) is 2.71. The molecule has 0 saturated heterocycles. The van der Waals surface area contributed by atoms with Crippen molar-refractivity contribution in [2.75, 3.05) is 6.61 Å². The van der Waals surface area contributed by atoms with Crippen molar-refractivity contribution >= 4 is 0 Å². The highest BCUT2D eigenvalue weighted by Crippen LogP contribution is 2.34. The second-order valence-corrected chi connectivity index (χ2v) is 3.96. The van der Waals surface area contributed by atoms with Crippen molar-refractivity contribution in [3.05, 3.63) is 27.9 Å². The van der Waals surface area contributed by atoms with Crippen LogP contribution < -0.4 is 11.3 Å². The van der Waals surface area contributed by atoms with Gasteiger partial charge in [-0.15, -0.1) is 0 Å². The number of aliphatic hydroxyl groups is 1. The average Bonchev–Trinajstić information content (AvgIpc) is 3.01. The molecule has 5 nitrogen and oxygen atoms in total. The zero-order chi connectivity index (χ0) is 11.0. The van der Waals surface area contributed by atoms with E-state index in [0.717, 1.165) is 18.7 Å². The molecule has 0 aliphatic heterocycles. The van der Waals surface area contributed by atoms with E-state index in [0.29, 0.717) is 5.56 Å². The lowest BCUT2D eigenvalue weighted by Gasteiger charge is -2.12. The van der Waals surface area contributed by atoms with E-state index in [2.05, 4.69) is 4.98 Å². The normalized spacial score (nSPS) is 17.8. The molecule has 0 radical (unpaired) electrons. The van der Waals surface area contributed by atoms with Gasteiger partial charge in [0, 0.05) is 12.2 Å². The predicted molar refractivity (Wildman–Crippen MR) is 55.5 cm³/mol. The fourth-order valence-corrected chi connectivity index (χ4v) is 1.68. The van der Waals surface area contributed by atoms with Gasteiger partial charge in [-0.2, -0.15) is 0 Å². The van der Waals surface area contributed by atoms with Crippen LogP contribution in [0.1, 0.15) is 36.3 Å². The summed E-state index contributed by atoms with van der Waals surface area (Å²) in [6, 6.07) is -0.341. The molecule has 1 fully saturated rings. The molecule has 0 amide bonds. The van der Waals surface area contributed by atoms with Crippen LogP contribution >= 0.6 is 0 Å². The fourth-order valence-electron chi connectivity index (χ4n) is 1.68. The van der Waals surface area contributed by atoms with Gasteiger partial charge < -0.3 is 10.8 Å². The second-order valence-electron chi connectivity index (χ2n) is 3.96. The van der Waals surface area contributed by atoms with Crippen LogP contribution in [0.25, 0.3) is 0 Å². The van der Waals surface area contributed by atoms with Gasteiger partial charge in [-0.25, -0.2) is 4.98 Å². The monoisotopic (exact) mass is 209 g/mol. The first-order valence-corrected chi connectivity index (χ1v) is 5.09. The summed E-state index contributed by atoms with van der Waals surface area (Å²) in [5, 5.41) is 8.93. The van der Waals surface area contributed by atoms with E-state index in [1.54, 1.807) is 4.57 Å². The molecular weight excluding hydrogens is 194 g/mol. The van der Waals surface area contributed by atoms with E-state index in [9.17, 15) is 4.79 Å². The zero-order valence-electron chi connectivity index (χ0n) is 8.68. The van der Waals surface area contributed by atoms with Crippen LogP contribution in [0.15, 0.2) is 11.0 Å². The number of nitrogens with two attached hydrogens (primary N) is 1. The van der Waals surface area contributed by atoms with Crippen LogP contribution in [0.4, 0.5) is 0 Å². The Morgan fingerprint density at radius 2 is 2.40 bits per heavy atom. The molecular formula is C10H15N3O2. The Labute approximate surface area is 87.6 Å². The van der Waals surface area contributed by atoms with Gasteiger partial charge in [0.25, 0.3) is 5.56 Å². The number of nitrogens with zero attached hydrogens (tertiary/aromatic N) is 2. The van der Waals surface area contributed by atoms with Crippen LogP contribution in [0, 0.1) is 6.92 Å². The average molecular weight is 209 g/mol. The Morgan fingerprint density at radius 1 is 1.73 bits per heavy atom. The van der Waals surface area contributed by atoms with Crippen molar-refractivity contribution in [3.63, 3.8) is 0 Å². The molecule has 15 heavy (non-hydrogen) atoms. The number of rotatable bonds is 3. The molecule has 1 aliphatic carbocycles. The Hall–Kier alpha value is -1.20. The highest BCUT2D eigenvalue weighted by atomic mass is 16.3. The maximum Gasteiger partial charge on any atom is 0.258 e. The van der Waals surface area contributed by atoms with Crippen LogP contribution in [-0.2, 0) is 0 Å². The SMILES string of the molecule is Cc1ncc(C(N)CO)c(=O)n1C1CC1. The minimum Gasteiger partial charge on any atom is -0.394 e. The van der Waals surface area contributed by atoms with Gasteiger partial charge in [0.05, 0.1) is 18.2 Å². The van der Waals surface area contributed by atoms with Crippen molar-refractivity contribution in [2.24, 2.45) is 5.73 Å². The minimum atomic E-state index is -0.629. The molecule has 1 aromatic rings. The fraction of sp³-hybridized carbons (Fsp3) is 0.600. The molecule has 1 heterocycles. The summed E-state index contributed by atoms with van der Waals surface area (Å²) in [7, 11) is 0. The van der Waals surface area contributed by atoms with E-state index in [1.807, 2.05) is 6.92 Å². The summed E-state index contributed by atoms with van der Waals surface area (Å²) >= 11 is 0. The Bertz CT molecular complexity index is 423. The maximum absolute atomic E-state index is 12.0. The standard InChI is InChI=1S/C10H15N3O2/c1-6-12-4-8(9(11)5-14)10(15)13(6)7-2-3-7/h4,7,9,14H,2-3,5,11H2,1H3. The van der Waals surface area contributed by atoms with E-state index < -0.39 is 6.04 Å². The Balaban J connectivity index is 2.50. The largest absolute Gasteiger partial charge is 0.394 e. The zero-order valence-corrected chi connectivity index (χ0v) is 8.68. The number of hydrogen-bond donors (Lipinski definition) is 2. The van der Waals surface area contributed by atoms with Gasteiger partial charge in [0.1, 0.15) is 5.82 Å². The molecule has 82 valence electrons. The highest BCUT2D eigenvalue weighted by Gasteiger charge is 2.27. The Kier molecular flexibility index (Phi) is 2.58. The van der Waals surface area contributed by atoms with Crippen LogP contribution in [0.3, 0.4) is 0 Å².